The number of nitrogens with one attached hydrogen (secondary N) is 1. The van der Waals surface area contributed by atoms with Crippen LogP contribution in [-0.2, 0) is 6.61 Å². The number of furan rings is 1. The van der Waals surface area contributed by atoms with Crippen LogP contribution >= 0.6 is 0 Å². The standard InChI is InChI=1S/C21H20N2O4/c1-15-18(10-11-26-15)21(24)23-22-13-17-8-9-19(25-2)20(12-17)27-14-16-6-4-3-5-7-16/h3-13H,14H2,1-2H3,(H,23,24)/b22-13+. The second-order valence-electron chi connectivity index (χ2n) is 5.77. The number of carbonyl (C=O) groups is 1. The molecule has 3 aromatic rings. The number of methoxy groups -OCH3 is 1. The van der Waals surface area contributed by atoms with Crippen LogP contribution in [0, 0.1) is 6.92 Å². The third-order valence-corrected chi connectivity index (χ3v) is 3.91. The molecule has 0 aliphatic carbocycles. The lowest BCUT2D eigenvalue weighted by Gasteiger charge is -2.11. The van der Waals surface area contributed by atoms with Crippen LogP contribution < -0.4 is 14.9 Å². The van der Waals surface area contributed by atoms with Crippen molar-refractivity contribution in [1.29, 1.82) is 0 Å². The van der Waals surface area contributed by atoms with E-state index in [9.17, 15) is 4.79 Å². The van der Waals surface area contributed by atoms with Crippen molar-refractivity contribution < 1.29 is 18.7 Å². The van der Waals surface area contributed by atoms with Gasteiger partial charge < -0.3 is 13.9 Å². The number of hydrogen-bond donors (Lipinski definition) is 1. The zero-order valence-electron chi connectivity index (χ0n) is 15.1. The summed E-state index contributed by atoms with van der Waals surface area (Å²) in [6.45, 7) is 2.15. The summed E-state index contributed by atoms with van der Waals surface area (Å²) >= 11 is 0. The van der Waals surface area contributed by atoms with E-state index >= 15 is 0 Å². The second-order valence-corrected chi connectivity index (χ2v) is 5.77. The first kappa shape index (κ1) is 18.3. The van der Waals surface area contributed by atoms with E-state index < -0.39 is 0 Å². The zero-order chi connectivity index (χ0) is 19.1. The van der Waals surface area contributed by atoms with Gasteiger partial charge in [0.1, 0.15) is 12.4 Å². The first-order chi connectivity index (χ1) is 13.2. The number of benzene rings is 2. The van der Waals surface area contributed by atoms with Gasteiger partial charge in [-0.2, -0.15) is 5.10 Å². The van der Waals surface area contributed by atoms with Gasteiger partial charge in [0.15, 0.2) is 11.5 Å². The van der Waals surface area contributed by atoms with Crippen LogP contribution in [0.3, 0.4) is 0 Å². The molecule has 6 nitrogen and oxygen atoms in total. The van der Waals surface area contributed by atoms with Gasteiger partial charge in [-0.05, 0) is 42.3 Å². The highest BCUT2D eigenvalue weighted by Crippen LogP contribution is 2.28. The molecule has 6 heteroatoms. The number of rotatable bonds is 7. The fourth-order valence-corrected chi connectivity index (χ4v) is 2.47. The highest BCUT2D eigenvalue weighted by atomic mass is 16.5. The van der Waals surface area contributed by atoms with E-state index in [1.807, 2.05) is 36.4 Å². The van der Waals surface area contributed by atoms with Gasteiger partial charge in [0.05, 0.1) is 25.2 Å². The zero-order valence-corrected chi connectivity index (χ0v) is 15.1. The molecule has 1 N–H and O–H groups in total. The SMILES string of the molecule is COc1ccc(/C=N/NC(=O)c2ccoc2C)cc1OCc1ccccc1. The van der Waals surface area contributed by atoms with Crippen LogP contribution in [0.4, 0.5) is 0 Å². The minimum atomic E-state index is -0.327. The fraction of sp³-hybridized carbons (Fsp3) is 0.143. The molecule has 1 aromatic heterocycles. The van der Waals surface area contributed by atoms with Gasteiger partial charge >= 0.3 is 0 Å². The lowest BCUT2D eigenvalue weighted by atomic mass is 10.2. The van der Waals surface area contributed by atoms with Crippen LogP contribution in [0.2, 0.25) is 0 Å². The van der Waals surface area contributed by atoms with Crippen molar-refractivity contribution in [1.82, 2.24) is 5.43 Å². The number of carbonyl (C=O) groups excluding carboxylic acids is 1. The maximum Gasteiger partial charge on any atom is 0.274 e. The molecular formula is C21H20N2O4. The van der Waals surface area contributed by atoms with E-state index in [0.29, 0.717) is 29.4 Å². The Labute approximate surface area is 157 Å². The lowest BCUT2D eigenvalue weighted by Crippen LogP contribution is -2.17. The van der Waals surface area contributed by atoms with Gasteiger partial charge in [-0.15, -0.1) is 0 Å². The Morgan fingerprint density at radius 1 is 1.15 bits per heavy atom. The topological polar surface area (TPSA) is 73.1 Å². The molecule has 2 aromatic carbocycles. The summed E-state index contributed by atoms with van der Waals surface area (Å²) in [4.78, 5) is 12.0. The maximum atomic E-state index is 12.0. The van der Waals surface area contributed by atoms with Crippen LogP contribution in [0.1, 0.15) is 27.2 Å². The van der Waals surface area contributed by atoms with Crippen LogP contribution in [-0.4, -0.2) is 19.2 Å². The molecule has 0 saturated heterocycles. The third-order valence-electron chi connectivity index (χ3n) is 3.91. The summed E-state index contributed by atoms with van der Waals surface area (Å²) in [7, 11) is 1.59. The summed E-state index contributed by atoms with van der Waals surface area (Å²) in [6, 6.07) is 16.9. The summed E-state index contributed by atoms with van der Waals surface area (Å²) < 4.78 is 16.3. The number of amides is 1. The molecule has 0 atom stereocenters. The van der Waals surface area contributed by atoms with E-state index in [1.54, 1.807) is 38.4 Å². The van der Waals surface area contributed by atoms with Crippen molar-refractivity contribution in [2.24, 2.45) is 5.10 Å². The average Bonchev–Trinajstić information content (AvgIpc) is 3.13. The van der Waals surface area contributed by atoms with Crippen molar-refractivity contribution in [3.63, 3.8) is 0 Å². The maximum absolute atomic E-state index is 12.0. The number of aryl methyl sites for hydroxylation is 1. The Balaban J connectivity index is 1.67. The van der Waals surface area contributed by atoms with Crippen LogP contribution in [0.5, 0.6) is 11.5 Å². The number of ether oxygens (including phenoxy) is 2. The predicted molar refractivity (Wildman–Crippen MR) is 102 cm³/mol. The van der Waals surface area contributed by atoms with Gasteiger partial charge in [-0.25, -0.2) is 5.43 Å². The Morgan fingerprint density at radius 3 is 2.67 bits per heavy atom. The van der Waals surface area contributed by atoms with Crippen molar-refractivity contribution in [3.8, 4) is 11.5 Å². The molecule has 0 aliphatic rings. The van der Waals surface area contributed by atoms with Gasteiger partial charge in [0.2, 0.25) is 0 Å². The summed E-state index contributed by atoms with van der Waals surface area (Å²) in [5, 5.41) is 3.99. The fourth-order valence-electron chi connectivity index (χ4n) is 2.47. The monoisotopic (exact) mass is 364 g/mol. The largest absolute Gasteiger partial charge is 0.493 e. The number of hydrogen-bond acceptors (Lipinski definition) is 5. The summed E-state index contributed by atoms with van der Waals surface area (Å²) in [5.74, 6) is 1.44. The molecule has 1 amide bonds. The quantitative estimate of drug-likeness (QED) is 0.509. The molecule has 138 valence electrons. The van der Waals surface area contributed by atoms with Gasteiger partial charge in [-0.1, -0.05) is 30.3 Å². The first-order valence-corrected chi connectivity index (χ1v) is 8.39. The Bertz CT molecular complexity index is 932. The van der Waals surface area contributed by atoms with E-state index in [0.717, 1.165) is 11.1 Å². The van der Waals surface area contributed by atoms with Crippen LogP contribution in [0.15, 0.2) is 70.4 Å². The minimum absolute atomic E-state index is 0.327. The molecule has 3 rings (SSSR count). The minimum Gasteiger partial charge on any atom is -0.493 e. The Hall–Kier alpha value is -3.54. The van der Waals surface area contributed by atoms with E-state index in [4.69, 9.17) is 13.9 Å². The Morgan fingerprint density at radius 2 is 1.96 bits per heavy atom. The normalized spacial score (nSPS) is 10.7. The van der Waals surface area contributed by atoms with E-state index in [1.165, 1.54) is 6.26 Å². The molecule has 1 heterocycles. The average molecular weight is 364 g/mol. The number of hydrazone groups is 1. The highest BCUT2D eigenvalue weighted by molar-refractivity contribution is 5.95. The molecule has 0 unspecified atom stereocenters. The van der Waals surface area contributed by atoms with Gasteiger partial charge in [0, 0.05) is 0 Å². The van der Waals surface area contributed by atoms with Gasteiger partial charge in [-0.3, -0.25) is 4.79 Å². The molecule has 0 radical (unpaired) electrons. The molecule has 0 bridgehead atoms. The second kappa shape index (κ2) is 8.71. The summed E-state index contributed by atoms with van der Waals surface area (Å²) in [6.07, 6.45) is 3.01. The molecule has 27 heavy (non-hydrogen) atoms. The number of nitrogens with zero attached hydrogens (tertiary/aromatic N) is 1. The first-order valence-electron chi connectivity index (χ1n) is 8.39. The van der Waals surface area contributed by atoms with E-state index in [-0.39, 0.29) is 5.91 Å². The molecule has 0 saturated carbocycles. The smallest absolute Gasteiger partial charge is 0.274 e. The van der Waals surface area contributed by atoms with Gasteiger partial charge in [0.25, 0.3) is 5.91 Å². The van der Waals surface area contributed by atoms with Crippen molar-refractivity contribution in [2.45, 2.75) is 13.5 Å². The molecule has 0 spiro atoms. The van der Waals surface area contributed by atoms with Crippen molar-refractivity contribution in [2.75, 3.05) is 7.11 Å². The van der Waals surface area contributed by atoms with Crippen LogP contribution in [0.25, 0.3) is 0 Å². The third kappa shape index (κ3) is 4.76. The lowest BCUT2D eigenvalue weighted by molar-refractivity contribution is 0.0953. The summed E-state index contributed by atoms with van der Waals surface area (Å²) in [5.41, 5.74) is 4.75. The Kier molecular flexibility index (Phi) is 5.89. The van der Waals surface area contributed by atoms with Crippen molar-refractivity contribution in [3.05, 3.63) is 83.3 Å². The van der Waals surface area contributed by atoms with E-state index in [2.05, 4.69) is 10.5 Å². The van der Waals surface area contributed by atoms with Crippen molar-refractivity contribution >= 4 is 12.1 Å². The molecular weight excluding hydrogens is 344 g/mol. The highest BCUT2D eigenvalue weighted by Gasteiger charge is 2.10. The molecule has 0 fully saturated rings. The molecule has 0 aliphatic heterocycles. The predicted octanol–water partition coefficient (Wildman–Crippen LogP) is 3.94.